The van der Waals surface area contributed by atoms with Crippen molar-refractivity contribution in [3.05, 3.63) is 34.9 Å². The van der Waals surface area contributed by atoms with Crippen LogP contribution in [0.25, 0.3) is 11.5 Å². The summed E-state index contributed by atoms with van der Waals surface area (Å²) in [5.74, 6) is 0.471. The molecule has 4 aliphatic rings. The van der Waals surface area contributed by atoms with E-state index in [4.69, 9.17) is 25.3 Å². The van der Waals surface area contributed by atoms with Crippen LogP contribution in [0.2, 0.25) is 0 Å². The van der Waals surface area contributed by atoms with E-state index in [2.05, 4.69) is 4.98 Å². The Hall–Kier alpha value is -3.87. The molecule has 2 saturated carbocycles. The third-order valence-corrected chi connectivity index (χ3v) is 9.65. The molecule has 2 aliphatic heterocycles. The van der Waals surface area contributed by atoms with Gasteiger partial charge in [0.2, 0.25) is 5.88 Å². The summed E-state index contributed by atoms with van der Waals surface area (Å²) in [6, 6.07) is 1.49. The fourth-order valence-electron chi connectivity index (χ4n) is 7.29. The van der Waals surface area contributed by atoms with Crippen LogP contribution in [0.1, 0.15) is 96.1 Å². The highest BCUT2D eigenvalue weighted by molar-refractivity contribution is 6.17. The van der Waals surface area contributed by atoms with Crippen molar-refractivity contribution in [1.29, 1.82) is 0 Å². The van der Waals surface area contributed by atoms with E-state index in [0.717, 1.165) is 18.4 Å². The van der Waals surface area contributed by atoms with Crippen LogP contribution in [0.15, 0.2) is 17.8 Å². The summed E-state index contributed by atoms with van der Waals surface area (Å²) in [6.07, 6.45) is 4.61. The Balaban J connectivity index is 1.34. The number of hydrogen-bond donors (Lipinski definition) is 1. The fraction of sp³-hybridized carbons (Fsp3) is 0.636. The number of allylic oxidation sites excluding steroid dienone is 1. The molecule has 13 heteroatoms. The van der Waals surface area contributed by atoms with Gasteiger partial charge in [-0.05, 0) is 73.3 Å². The molecule has 4 heterocycles. The number of ether oxygens (including phenoxy) is 2. The van der Waals surface area contributed by atoms with E-state index in [1.807, 2.05) is 39.6 Å². The van der Waals surface area contributed by atoms with Crippen molar-refractivity contribution in [3.8, 4) is 11.7 Å². The van der Waals surface area contributed by atoms with Crippen molar-refractivity contribution in [2.75, 3.05) is 13.6 Å². The minimum atomic E-state index is -1.01. The minimum Gasteiger partial charge on any atom is -0.473 e. The minimum absolute atomic E-state index is 0.000371. The lowest BCUT2D eigenvalue weighted by molar-refractivity contribution is -0.143. The molecule has 2 aromatic rings. The van der Waals surface area contributed by atoms with Crippen LogP contribution >= 0.6 is 0 Å². The Morgan fingerprint density at radius 2 is 1.89 bits per heavy atom. The van der Waals surface area contributed by atoms with Crippen molar-refractivity contribution in [1.82, 2.24) is 29.5 Å². The van der Waals surface area contributed by atoms with E-state index in [-0.39, 0.29) is 41.6 Å². The first kappa shape index (κ1) is 32.1. The second kappa shape index (κ2) is 12.1. The molecule has 3 fully saturated rings. The first-order valence-corrected chi connectivity index (χ1v) is 16.3. The summed E-state index contributed by atoms with van der Waals surface area (Å²) < 4.78 is 27.6. The van der Waals surface area contributed by atoms with E-state index in [9.17, 15) is 18.8 Å². The highest BCUT2D eigenvalue weighted by Crippen LogP contribution is 2.45. The van der Waals surface area contributed by atoms with Crippen molar-refractivity contribution in [2.45, 2.75) is 116 Å². The number of ketones is 2. The van der Waals surface area contributed by atoms with Gasteiger partial charge in [0.15, 0.2) is 17.4 Å². The molecule has 6 rings (SSSR count). The van der Waals surface area contributed by atoms with Gasteiger partial charge in [0.25, 0.3) is 0 Å². The van der Waals surface area contributed by atoms with Gasteiger partial charge in [-0.2, -0.15) is 10.1 Å². The highest BCUT2D eigenvalue weighted by Gasteiger charge is 2.49. The number of nitrogens with zero attached hydrogens (tertiary/aromatic N) is 6. The number of aromatic nitrogens is 4. The van der Waals surface area contributed by atoms with Gasteiger partial charge < -0.3 is 15.2 Å². The summed E-state index contributed by atoms with van der Waals surface area (Å²) in [4.78, 5) is 52.5. The average molecular weight is 638 g/mol. The van der Waals surface area contributed by atoms with Crippen LogP contribution < -0.4 is 10.5 Å². The van der Waals surface area contributed by atoms with Gasteiger partial charge in [-0.1, -0.05) is 6.42 Å². The Morgan fingerprint density at radius 3 is 2.57 bits per heavy atom. The molecular weight excluding hydrogens is 593 g/mol. The summed E-state index contributed by atoms with van der Waals surface area (Å²) >= 11 is 0. The number of alkyl halides is 1. The molecule has 2 aliphatic carbocycles. The number of likely N-dealkylation sites (N-methyl/N-ethyl adjacent to an activating group) is 1. The number of amides is 1. The predicted octanol–water partition coefficient (Wildman–Crippen LogP) is 4.27. The van der Waals surface area contributed by atoms with Gasteiger partial charge in [0, 0.05) is 42.4 Å². The zero-order valence-corrected chi connectivity index (χ0v) is 27.3. The fourth-order valence-corrected chi connectivity index (χ4v) is 7.29. The second-order valence-electron chi connectivity index (χ2n) is 14.2. The predicted molar refractivity (Wildman–Crippen MR) is 167 cm³/mol. The van der Waals surface area contributed by atoms with Gasteiger partial charge in [-0.25, -0.2) is 18.9 Å². The summed E-state index contributed by atoms with van der Waals surface area (Å²) in [5.41, 5.74) is 7.12. The van der Waals surface area contributed by atoms with E-state index in [0.29, 0.717) is 68.7 Å². The lowest BCUT2D eigenvalue weighted by Crippen LogP contribution is -2.45. The molecule has 2 N–H and O–H groups in total. The van der Waals surface area contributed by atoms with E-state index >= 15 is 0 Å². The molecule has 2 aromatic heterocycles. The molecule has 0 radical (unpaired) electrons. The second-order valence-corrected chi connectivity index (χ2v) is 14.2. The zero-order chi connectivity index (χ0) is 33.0. The topological polar surface area (TPSA) is 146 Å². The first-order chi connectivity index (χ1) is 21.7. The quantitative estimate of drug-likeness (QED) is 0.373. The Labute approximate surface area is 268 Å². The van der Waals surface area contributed by atoms with Crippen molar-refractivity contribution < 1.29 is 28.2 Å². The zero-order valence-electron chi connectivity index (χ0n) is 27.3. The lowest BCUT2D eigenvalue weighted by atomic mass is 9.62. The molecule has 0 bridgehead atoms. The van der Waals surface area contributed by atoms with Gasteiger partial charge in [-0.15, -0.1) is 0 Å². The third kappa shape index (κ3) is 6.13. The Kier molecular flexibility index (Phi) is 8.41. The number of carbonyl (C=O) groups is 3. The van der Waals surface area contributed by atoms with Crippen molar-refractivity contribution in [3.63, 3.8) is 0 Å². The van der Waals surface area contributed by atoms with Gasteiger partial charge >= 0.3 is 6.09 Å². The highest BCUT2D eigenvalue weighted by atomic mass is 19.1. The summed E-state index contributed by atoms with van der Waals surface area (Å²) in [6.45, 7) is 8.29. The Bertz CT molecular complexity index is 1550. The molecule has 12 nitrogen and oxygen atoms in total. The third-order valence-electron chi connectivity index (χ3n) is 9.65. The van der Waals surface area contributed by atoms with Crippen molar-refractivity contribution in [2.24, 2.45) is 11.1 Å². The largest absolute Gasteiger partial charge is 0.473 e. The number of hydrogen-bond acceptors (Lipinski definition) is 10. The normalized spacial score (nSPS) is 27.2. The molecule has 0 aromatic carbocycles. The van der Waals surface area contributed by atoms with Gasteiger partial charge in [0.1, 0.15) is 23.7 Å². The number of carbonyl (C=O) groups excluding carboxylic acids is 3. The summed E-state index contributed by atoms with van der Waals surface area (Å²) in [7, 11) is 1.87. The number of nitrogens with two attached hydrogens (primary N) is 1. The maximum atomic E-state index is 14.2. The maximum absolute atomic E-state index is 14.2. The van der Waals surface area contributed by atoms with Crippen molar-refractivity contribution >= 4 is 23.4 Å². The molecular formula is C33H44FN7O5. The van der Waals surface area contributed by atoms with E-state index in [1.54, 1.807) is 21.8 Å². The number of Topliss-reactive ketones (excluding diaryl/α,β-unsaturated/α-hetero) is 2. The van der Waals surface area contributed by atoms with E-state index < -0.39 is 29.4 Å². The number of rotatable bonds is 5. The van der Waals surface area contributed by atoms with Gasteiger partial charge in [-0.3, -0.25) is 19.4 Å². The summed E-state index contributed by atoms with van der Waals surface area (Å²) in [5, 5.41) is 4.71. The molecule has 46 heavy (non-hydrogen) atoms. The monoisotopic (exact) mass is 637 g/mol. The maximum Gasteiger partial charge on any atom is 0.410 e. The van der Waals surface area contributed by atoms with Crippen LogP contribution in [-0.4, -0.2) is 84.7 Å². The number of fused-ring (bicyclic) bond motifs is 1. The van der Waals surface area contributed by atoms with Gasteiger partial charge in [0.05, 0.1) is 29.9 Å². The Morgan fingerprint density at radius 1 is 1.13 bits per heavy atom. The standard InChI is InChI=1S/C33H44FN7O5/c1-19(24-13-21(34)17-39(24)5)45-27-14-26(41-16-20-15-40(18-23(20)38-41)31(44)46-32(2,3)4)36-30(37-27)28(35)22-9-8-12-33(29(22)43)11-7-6-10-25(33)42/h14,16,19,21,24H,6-13,15,17-18,35H2,1-5H3/t19-,21+,24-,33+/m0/s1. The molecule has 1 saturated heterocycles. The van der Waals surface area contributed by atoms with E-state index in [1.165, 1.54) is 0 Å². The average Bonchev–Trinajstić information content (AvgIpc) is 3.67. The first-order valence-electron chi connectivity index (χ1n) is 16.3. The molecule has 0 unspecified atom stereocenters. The van der Waals surface area contributed by atoms with Crippen LogP contribution in [0, 0.1) is 5.41 Å². The molecule has 4 atom stereocenters. The molecule has 1 spiro atoms. The van der Waals surface area contributed by atoms with Crippen LogP contribution in [0.3, 0.4) is 0 Å². The molecule has 248 valence electrons. The number of halogens is 1. The smallest absolute Gasteiger partial charge is 0.410 e. The van der Waals surface area contributed by atoms with Crippen LogP contribution in [0.5, 0.6) is 5.88 Å². The van der Waals surface area contributed by atoms with Crippen LogP contribution in [0.4, 0.5) is 9.18 Å². The lowest BCUT2D eigenvalue weighted by Gasteiger charge is -2.38. The SMILES string of the molecule is C[C@H](Oc1cc(-n2cc3c(n2)CN(C(=O)OC(C)(C)C)C3)nc(C(N)=C2CCC[C@@]3(CCCCC3=O)C2=O)n1)[C@@H]1C[C@@H](F)CN1C. The van der Waals surface area contributed by atoms with Crippen LogP contribution in [-0.2, 0) is 27.4 Å². The number of likely N-dealkylation sites (tertiary alicyclic amines) is 1. The molecule has 1 amide bonds.